The van der Waals surface area contributed by atoms with Gasteiger partial charge in [0.15, 0.2) is 0 Å². The Labute approximate surface area is 66.8 Å². The highest BCUT2D eigenvalue weighted by atomic mass is 16.3. The fourth-order valence-electron chi connectivity index (χ4n) is 0.800. The largest absolute Gasteiger partial charge is 0.376 e. The lowest BCUT2D eigenvalue weighted by Gasteiger charge is -2.09. The molecule has 4 amide bonds. The van der Waals surface area contributed by atoms with E-state index >= 15 is 0 Å². The average Bonchev–Trinajstić information content (AvgIpc) is 2.25. The van der Waals surface area contributed by atoms with E-state index in [-0.39, 0.29) is 0 Å². The Kier molecular flexibility index (Phi) is 2.07. The van der Waals surface area contributed by atoms with Gasteiger partial charge in [-0.15, -0.1) is 0 Å². The van der Waals surface area contributed by atoms with E-state index in [1.54, 1.807) is 0 Å². The number of carbonyl (C=O) groups excluding carboxylic acids is 3. The Morgan fingerprint density at radius 1 is 0.917 bits per heavy atom. The molecule has 7 heteroatoms. The summed E-state index contributed by atoms with van der Waals surface area (Å²) in [5, 5.41) is 16.9. The molecule has 0 aromatic heterocycles. The molecule has 1 aliphatic heterocycles. The van der Waals surface area contributed by atoms with Crippen LogP contribution in [0, 0.1) is 0 Å². The van der Waals surface area contributed by atoms with Crippen LogP contribution in [0.15, 0.2) is 0 Å². The van der Waals surface area contributed by atoms with Crippen LogP contribution in [0.3, 0.4) is 0 Å². The zero-order chi connectivity index (χ0) is 9.30. The van der Waals surface area contributed by atoms with Gasteiger partial charge >= 0.3 is 17.8 Å². The Balaban J connectivity index is 2.93. The van der Waals surface area contributed by atoms with E-state index < -0.39 is 31.3 Å². The number of imide groups is 2. The van der Waals surface area contributed by atoms with Crippen LogP contribution < -0.4 is 0 Å². The molecule has 0 radical (unpaired) electrons. The van der Waals surface area contributed by atoms with Crippen molar-refractivity contribution in [2.24, 2.45) is 0 Å². The van der Waals surface area contributed by atoms with Crippen molar-refractivity contribution in [3.63, 3.8) is 0 Å². The van der Waals surface area contributed by atoms with Crippen molar-refractivity contribution in [1.29, 1.82) is 0 Å². The molecule has 1 heterocycles. The molecule has 7 nitrogen and oxygen atoms in total. The summed E-state index contributed by atoms with van der Waals surface area (Å²) in [5.74, 6) is -2.26. The minimum absolute atomic E-state index is 0.332. The SMILES string of the molecule is O=C1C(=O)N(CO)C(=O)N1CO. The van der Waals surface area contributed by atoms with Gasteiger partial charge in [-0.2, -0.15) is 0 Å². The highest BCUT2D eigenvalue weighted by Crippen LogP contribution is 2.09. The Morgan fingerprint density at radius 2 is 1.25 bits per heavy atom. The molecule has 1 rings (SSSR count). The minimum atomic E-state index is -1.13. The zero-order valence-corrected chi connectivity index (χ0v) is 5.93. The Hall–Kier alpha value is -1.47. The third-order valence-corrected chi connectivity index (χ3v) is 1.42. The van der Waals surface area contributed by atoms with Crippen molar-refractivity contribution in [2.75, 3.05) is 13.5 Å². The highest BCUT2D eigenvalue weighted by Gasteiger charge is 2.43. The summed E-state index contributed by atoms with van der Waals surface area (Å²) in [6.07, 6.45) is 0. The molecule has 0 bridgehead atoms. The van der Waals surface area contributed by atoms with Gasteiger partial charge in [-0.25, -0.2) is 14.6 Å². The summed E-state index contributed by atoms with van der Waals surface area (Å²) >= 11 is 0. The molecule has 1 aliphatic rings. The van der Waals surface area contributed by atoms with Crippen molar-refractivity contribution in [2.45, 2.75) is 0 Å². The van der Waals surface area contributed by atoms with Crippen molar-refractivity contribution < 1.29 is 24.6 Å². The van der Waals surface area contributed by atoms with E-state index in [4.69, 9.17) is 10.2 Å². The third kappa shape index (κ3) is 0.953. The van der Waals surface area contributed by atoms with Gasteiger partial charge < -0.3 is 10.2 Å². The van der Waals surface area contributed by atoms with Gasteiger partial charge in [0.1, 0.15) is 13.5 Å². The number of hydrogen-bond acceptors (Lipinski definition) is 5. The summed E-state index contributed by atoms with van der Waals surface area (Å²) in [6, 6.07) is -1.00. The number of carbonyl (C=O) groups is 3. The monoisotopic (exact) mass is 174 g/mol. The lowest BCUT2D eigenvalue weighted by Crippen LogP contribution is -2.34. The second-order valence-corrected chi connectivity index (χ2v) is 2.03. The van der Waals surface area contributed by atoms with Crippen LogP contribution in [0.2, 0.25) is 0 Å². The van der Waals surface area contributed by atoms with E-state index in [2.05, 4.69) is 0 Å². The van der Waals surface area contributed by atoms with Crippen LogP contribution in [0.5, 0.6) is 0 Å². The first kappa shape index (κ1) is 8.62. The fourth-order valence-corrected chi connectivity index (χ4v) is 0.800. The maximum Gasteiger partial charge on any atom is 0.338 e. The molecule has 0 aliphatic carbocycles. The van der Waals surface area contributed by atoms with E-state index in [0.29, 0.717) is 9.80 Å². The van der Waals surface area contributed by atoms with Crippen LogP contribution >= 0.6 is 0 Å². The van der Waals surface area contributed by atoms with E-state index in [1.165, 1.54) is 0 Å². The first-order valence-electron chi connectivity index (χ1n) is 3.02. The van der Waals surface area contributed by atoms with E-state index in [9.17, 15) is 14.4 Å². The molecule has 12 heavy (non-hydrogen) atoms. The third-order valence-electron chi connectivity index (χ3n) is 1.42. The van der Waals surface area contributed by atoms with Crippen molar-refractivity contribution >= 4 is 17.8 Å². The van der Waals surface area contributed by atoms with Crippen LogP contribution in [0.25, 0.3) is 0 Å². The van der Waals surface area contributed by atoms with Gasteiger partial charge in [0.05, 0.1) is 0 Å². The fraction of sp³-hybridized carbons (Fsp3) is 0.400. The summed E-state index contributed by atoms with van der Waals surface area (Å²) in [4.78, 5) is 33.1. The summed E-state index contributed by atoms with van der Waals surface area (Å²) < 4.78 is 0. The van der Waals surface area contributed by atoms with Gasteiger partial charge in [0, 0.05) is 0 Å². The minimum Gasteiger partial charge on any atom is -0.376 e. The molecule has 0 aromatic rings. The first-order chi connectivity index (χ1) is 5.63. The molecule has 0 saturated carbocycles. The van der Waals surface area contributed by atoms with Crippen LogP contribution in [-0.2, 0) is 9.59 Å². The lowest BCUT2D eigenvalue weighted by atomic mass is 10.5. The quantitative estimate of drug-likeness (QED) is 0.361. The van der Waals surface area contributed by atoms with E-state index in [0.717, 1.165) is 0 Å². The van der Waals surface area contributed by atoms with Crippen LogP contribution in [0.1, 0.15) is 0 Å². The Morgan fingerprint density at radius 3 is 1.42 bits per heavy atom. The zero-order valence-electron chi connectivity index (χ0n) is 5.93. The molecule has 0 atom stereocenters. The van der Waals surface area contributed by atoms with Gasteiger partial charge in [-0.3, -0.25) is 9.59 Å². The lowest BCUT2D eigenvalue weighted by molar-refractivity contribution is -0.145. The molecule has 0 aromatic carbocycles. The maximum absolute atomic E-state index is 10.9. The Bertz CT molecular complexity index is 226. The van der Waals surface area contributed by atoms with Gasteiger partial charge in [0.2, 0.25) is 0 Å². The maximum atomic E-state index is 10.9. The summed E-state index contributed by atoms with van der Waals surface area (Å²) in [6.45, 7) is -1.72. The number of nitrogens with zero attached hydrogens (tertiary/aromatic N) is 2. The number of aliphatic hydroxyl groups excluding tert-OH is 2. The van der Waals surface area contributed by atoms with E-state index in [1.807, 2.05) is 0 Å². The number of rotatable bonds is 2. The van der Waals surface area contributed by atoms with Crippen molar-refractivity contribution in [3.8, 4) is 0 Å². The molecule has 0 unspecified atom stereocenters. The molecule has 66 valence electrons. The number of amides is 4. The smallest absolute Gasteiger partial charge is 0.338 e. The predicted octanol–water partition coefficient (Wildman–Crippen LogP) is -2.32. The second-order valence-electron chi connectivity index (χ2n) is 2.03. The normalized spacial score (nSPS) is 18.0. The van der Waals surface area contributed by atoms with Crippen molar-refractivity contribution in [1.82, 2.24) is 9.80 Å². The van der Waals surface area contributed by atoms with Crippen LogP contribution in [0.4, 0.5) is 4.79 Å². The summed E-state index contributed by atoms with van der Waals surface area (Å²) in [5.41, 5.74) is 0. The van der Waals surface area contributed by atoms with Gasteiger partial charge in [-0.05, 0) is 0 Å². The van der Waals surface area contributed by atoms with Crippen molar-refractivity contribution in [3.05, 3.63) is 0 Å². The molecule has 2 N–H and O–H groups in total. The van der Waals surface area contributed by atoms with Gasteiger partial charge in [-0.1, -0.05) is 0 Å². The number of urea groups is 1. The molecule has 0 spiro atoms. The number of aliphatic hydroxyl groups is 2. The highest BCUT2D eigenvalue weighted by molar-refractivity contribution is 6.44. The molecular weight excluding hydrogens is 168 g/mol. The first-order valence-corrected chi connectivity index (χ1v) is 3.02. The summed E-state index contributed by atoms with van der Waals surface area (Å²) in [7, 11) is 0. The predicted molar refractivity (Wildman–Crippen MR) is 33.3 cm³/mol. The average molecular weight is 174 g/mol. The molecule has 1 fully saturated rings. The van der Waals surface area contributed by atoms with Gasteiger partial charge in [0.25, 0.3) is 0 Å². The standard InChI is InChI=1S/C5H6N2O5/c8-1-6-3(10)4(11)7(2-9)5(6)12/h8-9H,1-2H2. The van der Waals surface area contributed by atoms with Crippen LogP contribution in [-0.4, -0.2) is 51.3 Å². The molecular formula is C5H6N2O5. The molecule has 1 saturated heterocycles. The number of hydrogen-bond donors (Lipinski definition) is 2. The topological polar surface area (TPSA) is 98.2 Å². The second kappa shape index (κ2) is 2.88.